The van der Waals surface area contributed by atoms with Crippen LogP contribution in [0.25, 0.3) is 5.57 Å². The van der Waals surface area contributed by atoms with Crippen LogP contribution in [0.3, 0.4) is 0 Å². The normalized spacial score (nSPS) is 18.5. The molecule has 1 aliphatic rings. The molecular weight excluding hydrogens is 432 g/mol. The molecule has 1 unspecified atom stereocenters. The van der Waals surface area contributed by atoms with Gasteiger partial charge in [0.25, 0.3) is 0 Å². The Bertz CT molecular complexity index is 1130. The van der Waals surface area contributed by atoms with Gasteiger partial charge < -0.3 is 4.57 Å². The summed E-state index contributed by atoms with van der Waals surface area (Å²) in [7, 11) is 1.83. The Morgan fingerprint density at radius 1 is 1.03 bits per heavy atom. The van der Waals surface area contributed by atoms with Gasteiger partial charge in [0.1, 0.15) is 23.4 Å². The molecule has 0 saturated carbocycles. The molecule has 1 aromatic heterocycles. The van der Waals surface area contributed by atoms with E-state index in [2.05, 4.69) is 10.2 Å². The summed E-state index contributed by atoms with van der Waals surface area (Å²) in [5.41, 5.74) is 0.513. The van der Waals surface area contributed by atoms with Crippen molar-refractivity contribution in [1.29, 1.82) is 0 Å². The summed E-state index contributed by atoms with van der Waals surface area (Å²) in [6, 6.07) is 15.5. The van der Waals surface area contributed by atoms with E-state index in [0.29, 0.717) is 18.9 Å². The van der Waals surface area contributed by atoms with E-state index in [-0.39, 0.29) is 18.8 Å². The summed E-state index contributed by atoms with van der Waals surface area (Å²) in [6.07, 6.45) is 1.20. The van der Waals surface area contributed by atoms with Gasteiger partial charge in [-0.3, -0.25) is 4.90 Å². The minimum Gasteiger partial charge on any atom is -0.315 e. The molecule has 0 aliphatic heterocycles. The zero-order valence-electron chi connectivity index (χ0n) is 18.1. The van der Waals surface area contributed by atoms with Crippen molar-refractivity contribution < 1.29 is 17.6 Å². The van der Waals surface area contributed by atoms with Gasteiger partial charge in [-0.25, -0.2) is 4.39 Å². The van der Waals surface area contributed by atoms with Gasteiger partial charge >= 0.3 is 6.18 Å². The van der Waals surface area contributed by atoms with Gasteiger partial charge in [-0.2, -0.15) is 13.2 Å². The summed E-state index contributed by atoms with van der Waals surface area (Å²) in [5.74, 6) is 0.123. The molecule has 0 spiro atoms. The number of halogens is 4. The highest BCUT2D eigenvalue weighted by Gasteiger charge is 2.53. The van der Waals surface area contributed by atoms with Gasteiger partial charge in [0.05, 0.1) is 6.54 Å². The fraction of sp³-hybridized carbons (Fsp3) is 0.280. The highest BCUT2D eigenvalue weighted by molar-refractivity contribution is 5.75. The lowest BCUT2D eigenvalue weighted by atomic mass is 9.78. The Hall–Kier alpha value is -3.26. The molecule has 0 amide bonds. The molecule has 0 saturated heterocycles. The predicted octanol–water partition coefficient (Wildman–Crippen LogP) is 5.64. The molecule has 4 rings (SSSR count). The van der Waals surface area contributed by atoms with E-state index in [0.717, 1.165) is 16.7 Å². The van der Waals surface area contributed by atoms with Crippen LogP contribution < -0.4 is 0 Å². The summed E-state index contributed by atoms with van der Waals surface area (Å²) in [5, 5.41) is 7.92. The second-order valence-electron chi connectivity index (χ2n) is 8.39. The fourth-order valence-electron chi connectivity index (χ4n) is 3.98. The molecule has 8 heteroatoms. The minimum absolute atomic E-state index is 0.166. The number of allylic oxidation sites excluding steroid dienone is 4. The molecule has 0 N–H and O–H groups in total. The predicted molar refractivity (Wildman–Crippen MR) is 118 cm³/mol. The largest absolute Gasteiger partial charge is 0.399 e. The molecule has 33 heavy (non-hydrogen) atoms. The average molecular weight is 456 g/mol. The smallest absolute Gasteiger partial charge is 0.315 e. The van der Waals surface area contributed by atoms with E-state index in [1.807, 2.05) is 42.3 Å². The van der Waals surface area contributed by atoms with Crippen molar-refractivity contribution in [3.8, 4) is 0 Å². The topological polar surface area (TPSA) is 34.0 Å². The third-order valence-corrected chi connectivity index (χ3v) is 5.87. The maximum Gasteiger partial charge on any atom is 0.399 e. The number of benzene rings is 2. The minimum atomic E-state index is -4.44. The van der Waals surface area contributed by atoms with Crippen LogP contribution in [0, 0.1) is 11.2 Å². The summed E-state index contributed by atoms with van der Waals surface area (Å²) in [4.78, 5) is 1.90. The molecule has 2 aromatic carbocycles. The SMILES string of the molecule is CN(Cc1ccc(F)cc1)Cc1nncn1CC1(C(F)(F)F)C=CC(c2ccccc2)=CC1. The Balaban J connectivity index is 1.50. The van der Waals surface area contributed by atoms with Gasteiger partial charge in [-0.15, -0.1) is 10.2 Å². The monoisotopic (exact) mass is 456 g/mol. The molecule has 1 heterocycles. The van der Waals surface area contributed by atoms with Crippen LogP contribution in [-0.2, 0) is 19.6 Å². The lowest BCUT2D eigenvalue weighted by molar-refractivity contribution is -0.210. The highest BCUT2D eigenvalue weighted by atomic mass is 19.4. The standard InChI is InChI=1S/C25H24F4N4/c1-32(15-19-7-9-22(26)10-8-19)16-23-31-30-18-33(23)17-24(25(27,28)29)13-11-21(12-14-24)20-5-3-2-4-6-20/h2-13,18H,14-17H2,1H3. The van der Waals surface area contributed by atoms with Crippen LogP contribution >= 0.6 is 0 Å². The molecule has 1 atom stereocenters. The average Bonchev–Trinajstić information content (AvgIpc) is 3.22. The van der Waals surface area contributed by atoms with Crippen molar-refractivity contribution >= 4 is 5.57 Å². The molecule has 0 radical (unpaired) electrons. The molecule has 1 aliphatic carbocycles. The number of hydrogen-bond donors (Lipinski definition) is 0. The number of rotatable bonds is 7. The number of aromatic nitrogens is 3. The maximum atomic E-state index is 14.3. The van der Waals surface area contributed by atoms with Crippen LogP contribution in [-0.4, -0.2) is 32.9 Å². The van der Waals surface area contributed by atoms with E-state index in [4.69, 9.17) is 0 Å². The molecule has 3 aromatic rings. The zero-order chi connectivity index (χ0) is 23.5. The highest BCUT2D eigenvalue weighted by Crippen LogP contribution is 2.47. The third kappa shape index (κ3) is 5.22. The second kappa shape index (κ2) is 9.31. The van der Waals surface area contributed by atoms with E-state index in [1.165, 1.54) is 29.1 Å². The molecule has 4 nitrogen and oxygen atoms in total. The van der Waals surface area contributed by atoms with Crippen molar-refractivity contribution in [3.05, 3.63) is 102 Å². The van der Waals surface area contributed by atoms with Crippen molar-refractivity contribution in [1.82, 2.24) is 19.7 Å². The van der Waals surface area contributed by atoms with E-state index in [1.54, 1.807) is 24.3 Å². The Labute approximate surface area is 189 Å². The number of hydrogen-bond acceptors (Lipinski definition) is 3. The van der Waals surface area contributed by atoms with Gasteiger partial charge in [0, 0.05) is 13.1 Å². The Morgan fingerprint density at radius 2 is 1.76 bits per heavy atom. The Kier molecular flexibility index (Phi) is 6.47. The maximum absolute atomic E-state index is 14.3. The summed E-state index contributed by atoms with van der Waals surface area (Å²) in [6.45, 7) is 0.499. The van der Waals surface area contributed by atoms with Crippen LogP contribution in [0.5, 0.6) is 0 Å². The van der Waals surface area contributed by atoms with Gasteiger partial charge in [-0.1, -0.05) is 60.7 Å². The van der Waals surface area contributed by atoms with E-state index in [9.17, 15) is 17.6 Å². The van der Waals surface area contributed by atoms with Crippen LogP contribution in [0.2, 0.25) is 0 Å². The molecule has 172 valence electrons. The quantitative estimate of drug-likeness (QED) is 0.432. The van der Waals surface area contributed by atoms with Crippen molar-refractivity contribution in [2.45, 2.75) is 32.2 Å². The second-order valence-corrected chi connectivity index (χ2v) is 8.39. The number of nitrogens with zero attached hydrogens (tertiary/aromatic N) is 4. The van der Waals surface area contributed by atoms with Crippen LogP contribution in [0.1, 0.15) is 23.4 Å². The van der Waals surface area contributed by atoms with Crippen molar-refractivity contribution in [2.24, 2.45) is 5.41 Å². The van der Waals surface area contributed by atoms with Gasteiger partial charge in [-0.05, 0) is 42.3 Å². The zero-order valence-corrected chi connectivity index (χ0v) is 18.1. The molecular formula is C25H24F4N4. The summed E-state index contributed by atoms with van der Waals surface area (Å²) < 4.78 is 57.4. The molecule has 0 fully saturated rings. The first kappa shape index (κ1) is 22.9. The van der Waals surface area contributed by atoms with Crippen LogP contribution in [0.15, 0.2) is 79.2 Å². The lowest BCUT2D eigenvalue weighted by Crippen LogP contribution is -2.41. The van der Waals surface area contributed by atoms with Crippen molar-refractivity contribution in [3.63, 3.8) is 0 Å². The van der Waals surface area contributed by atoms with Gasteiger partial charge in [0.15, 0.2) is 0 Å². The molecule has 0 bridgehead atoms. The van der Waals surface area contributed by atoms with Crippen LogP contribution in [0.4, 0.5) is 17.6 Å². The first-order valence-electron chi connectivity index (χ1n) is 10.6. The van der Waals surface area contributed by atoms with E-state index >= 15 is 0 Å². The first-order chi connectivity index (χ1) is 15.8. The third-order valence-electron chi connectivity index (χ3n) is 5.87. The summed E-state index contributed by atoms with van der Waals surface area (Å²) >= 11 is 0. The lowest BCUT2D eigenvalue weighted by Gasteiger charge is -2.35. The fourth-order valence-corrected chi connectivity index (χ4v) is 3.98. The van der Waals surface area contributed by atoms with E-state index < -0.39 is 11.6 Å². The van der Waals surface area contributed by atoms with Gasteiger partial charge in [0.2, 0.25) is 0 Å². The van der Waals surface area contributed by atoms with Crippen molar-refractivity contribution in [2.75, 3.05) is 7.05 Å². The first-order valence-corrected chi connectivity index (χ1v) is 10.6. The Morgan fingerprint density at radius 3 is 2.39 bits per heavy atom. The number of alkyl halides is 3.